The van der Waals surface area contributed by atoms with Gasteiger partial charge in [-0.25, -0.2) is 4.79 Å². The maximum atomic E-state index is 13.0. The van der Waals surface area contributed by atoms with Crippen molar-refractivity contribution in [1.82, 2.24) is 25.7 Å². The standard InChI is InChI=1S/C27H24N6O7/c1-14-3-10-23(32-31-14)40-21-12-16(5-8-20(21)39-2)29-27(38)28-13-15-4-6-17-18(11-15)26(37)33(25(17)36)19-7-9-22(34)30-24(19)35/h3-6,8,10-12,19H,7,9,13H2,1-2H3,(H2,28,29,38)(H,30,34,35). The van der Waals surface area contributed by atoms with Crippen molar-refractivity contribution in [3.05, 3.63) is 70.9 Å². The van der Waals surface area contributed by atoms with Gasteiger partial charge in [0.15, 0.2) is 11.5 Å². The van der Waals surface area contributed by atoms with Crippen LogP contribution in [0.3, 0.4) is 0 Å². The highest BCUT2D eigenvalue weighted by molar-refractivity contribution is 6.23. The minimum Gasteiger partial charge on any atom is -0.493 e. The molecule has 5 rings (SSSR count). The van der Waals surface area contributed by atoms with E-state index in [1.54, 1.807) is 43.3 Å². The summed E-state index contributed by atoms with van der Waals surface area (Å²) in [5, 5.41) is 15.5. The molecule has 40 heavy (non-hydrogen) atoms. The first kappa shape index (κ1) is 26.3. The third kappa shape index (κ3) is 5.29. The van der Waals surface area contributed by atoms with Gasteiger partial charge in [0, 0.05) is 30.8 Å². The molecule has 2 aliphatic heterocycles. The van der Waals surface area contributed by atoms with Gasteiger partial charge in [0.05, 0.1) is 23.9 Å². The number of fused-ring (bicyclic) bond motifs is 1. The number of methoxy groups -OCH3 is 1. The Morgan fingerprint density at radius 1 is 1.00 bits per heavy atom. The van der Waals surface area contributed by atoms with Gasteiger partial charge in [-0.05, 0) is 49.2 Å². The lowest BCUT2D eigenvalue weighted by atomic mass is 10.0. The van der Waals surface area contributed by atoms with Crippen molar-refractivity contribution >= 4 is 35.3 Å². The number of nitrogens with zero attached hydrogens (tertiary/aromatic N) is 3. The Balaban J connectivity index is 1.23. The third-order valence-electron chi connectivity index (χ3n) is 6.37. The minimum absolute atomic E-state index is 0.0377. The highest BCUT2D eigenvalue weighted by atomic mass is 16.5. The molecule has 1 saturated heterocycles. The quantitative estimate of drug-likeness (QED) is 0.378. The van der Waals surface area contributed by atoms with Crippen molar-refractivity contribution in [2.45, 2.75) is 32.4 Å². The summed E-state index contributed by atoms with van der Waals surface area (Å²) in [6.45, 7) is 1.86. The number of carbonyl (C=O) groups is 5. The number of benzene rings is 2. The summed E-state index contributed by atoms with van der Waals surface area (Å²) >= 11 is 0. The van der Waals surface area contributed by atoms with Crippen LogP contribution in [0.5, 0.6) is 17.4 Å². The Kier molecular flexibility index (Phi) is 7.10. The van der Waals surface area contributed by atoms with Gasteiger partial charge in [0.2, 0.25) is 17.7 Å². The molecular weight excluding hydrogens is 520 g/mol. The number of hydrogen-bond donors (Lipinski definition) is 3. The normalized spacial score (nSPS) is 16.4. The first-order valence-corrected chi connectivity index (χ1v) is 12.3. The monoisotopic (exact) mass is 544 g/mol. The zero-order chi connectivity index (χ0) is 28.4. The number of piperidine rings is 1. The number of ether oxygens (including phenoxy) is 2. The lowest BCUT2D eigenvalue weighted by molar-refractivity contribution is -0.136. The number of rotatable bonds is 7. The second-order valence-corrected chi connectivity index (χ2v) is 9.12. The van der Waals surface area contributed by atoms with Crippen molar-refractivity contribution in [2.75, 3.05) is 12.4 Å². The third-order valence-corrected chi connectivity index (χ3v) is 6.37. The van der Waals surface area contributed by atoms with Crippen LogP contribution in [0.2, 0.25) is 0 Å². The number of imide groups is 2. The van der Waals surface area contributed by atoms with Crippen LogP contribution in [-0.4, -0.2) is 57.9 Å². The van der Waals surface area contributed by atoms with Gasteiger partial charge in [-0.3, -0.25) is 29.4 Å². The van der Waals surface area contributed by atoms with E-state index in [0.717, 1.165) is 10.6 Å². The Bertz CT molecular complexity index is 1540. The zero-order valence-electron chi connectivity index (χ0n) is 21.5. The molecule has 0 aliphatic carbocycles. The molecule has 13 nitrogen and oxygen atoms in total. The van der Waals surface area contributed by atoms with Crippen molar-refractivity contribution in [1.29, 1.82) is 0 Å². The van der Waals surface area contributed by atoms with E-state index in [1.807, 2.05) is 0 Å². The van der Waals surface area contributed by atoms with Crippen molar-refractivity contribution in [2.24, 2.45) is 0 Å². The fraction of sp³-hybridized carbons (Fsp3) is 0.222. The average molecular weight is 545 g/mol. The average Bonchev–Trinajstić information content (AvgIpc) is 3.18. The summed E-state index contributed by atoms with van der Waals surface area (Å²) in [5.41, 5.74) is 2.01. The summed E-state index contributed by atoms with van der Waals surface area (Å²) in [5.74, 6) is -1.33. The summed E-state index contributed by atoms with van der Waals surface area (Å²) in [4.78, 5) is 63.0. The van der Waals surface area contributed by atoms with Gasteiger partial charge in [0.25, 0.3) is 11.8 Å². The summed E-state index contributed by atoms with van der Waals surface area (Å²) in [7, 11) is 1.49. The lowest BCUT2D eigenvalue weighted by Gasteiger charge is -2.27. The van der Waals surface area contributed by atoms with Crippen LogP contribution in [0.1, 0.15) is 44.8 Å². The molecule has 2 aromatic carbocycles. The summed E-state index contributed by atoms with van der Waals surface area (Å²) in [6, 6.07) is 11.3. The smallest absolute Gasteiger partial charge is 0.319 e. The Hall–Kier alpha value is -5.33. The molecule has 13 heteroatoms. The van der Waals surface area contributed by atoms with E-state index < -0.39 is 35.7 Å². The van der Waals surface area contributed by atoms with Crippen LogP contribution in [0.15, 0.2) is 48.5 Å². The molecule has 3 aromatic rings. The predicted octanol–water partition coefficient (Wildman–Crippen LogP) is 2.31. The fourth-order valence-electron chi connectivity index (χ4n) is 4.37. The van der Waals surface area contributed by atoms with E-state index in [0.29, 0.717) is 22.7 Å². The topological polar surface area (TPSA) is 169 Å². The van der Waals surface area contributed by atoms with Crippen LogP contribution in [0.4, 0.5) is 10.5 Å². The molecule has 0 saturated carbocycles. The molecule has 3 N–H and O–H groups in total. The highest BCUT2D eigenvalue weighted by Crippen LogP contribution is 2.33. The predicted molar refractivity (Wildman–Crippen MR) is 139 cm³/mol. The van der Waals surface area contributed by atoms with E-state index in [1.165, 1.54) is 19.2 Å². The van der Waals surface area contributed by atoms with Crippen molar-refractivity contribution in [3.63, 3.8) is 0 Å². The van der Waals surface area contributed by atoms with E-state index in [9.17, 15) is 24.0 Å². The molecule has 1 unspecified atom stereocenters. The maximum absolute atomic E-state index is 13.0. The van der Waals surface area contributed by atoms with E-state index in [4.69, 9.17) is 9.47 Å². The number of aryl methyl sites for hydroxylation is 1. The molecule has 6 amide bonds. The number of hydrogen-bond acceptors (Lipinski definition) is 9. The van der Waals surface area contributed by atoms with E-state index >= 15 is 0 Å². The SMILES string of the molecule is COc1ccc(NC(=O)NCc2ccc3c(c2)C(=O)N(C2CCC(=O)NC2=O)C3=O)cc1Oc1ccc(C)nn1. The number of anilines is 1. The van der Waals surface area contributed by atoms with Gasteiger partial charge in [-0.2, -0.15) is 5.10 Å². The summed E-state index contributed by atoms with van der Waals surface area (Å²) < 4.78 is 11.1. The Labute approximate surface area is 227 Å². The number of aromatic nitrogens is 2. The van der Waals surface area contributed by atoms with Crippen LogP contribution >= 0.6 is 0 Å². The van der Waals surface area contributed by atoms with E-state index in [2.05, 4.69) is 26.1 Å². The van der Waals surface area contributed by atoms with Crippen LogP contribution in [-0.2, 0) is 16.1 Å². The maximum Gasteiger partial charge on any atom is 0.319 e. The second-order valence-electron chi connectivity index (χ2n) is 9.12. The van der Waals surface area contributed by atoms with E-state index in [-0.39, 0.29) is 36.4 Å². The second kappa shape index (κ2) is 10.8. The summed E-state index contributed by atoms with van der Waals surface area (Å²) in [6.07, 6.45) is 0.108. The molecule has 0 spiro atoms. The van der Waals surface area contributed by atoms with Crippen LogP contribution < -0.4 is 25.4 Å². The van der Waals surface area contributed by atoms with Crippen LogP contribution in [0.25, 0.3) is 0 Å². The van der Waals surface area contributed by atoms with Crippen molar-refractivity contribution in [3.8, 4) is 17.4 Å². The Morgan fingerprint density at radius 2 is 1.80 bits per heavy atom. The van der Waals surface area contributed by atoms with Gasteiger partial charge in [-0.1, -0.05) is 6.07 Å². The number of amides is 6. The number of carbonyl (C=O) groups excluding carboxylic acids is 5. The molecule has 0 bridgehead atoms. The van der Waals surface area contributed by atoms with Gasteiger partial charge in [0.1, 0.15) is 6.04 Å². The first-order chi connectivity index (χ1) is 19.2. The van der Waals surface area contributed by atoms with Gasteiger partial charge < -0.3 is 20.1 Å². The molecule has 2 aliphatic rings. The first-order valence-electron chi connectivity index (χ1n) is 12.3. The molecule has 1 atom stereocenters. The van der Waals surface area contributed by atoms with Gasteiger partial charge in [-0.15, -0.1) is 5.10 Å². The largest absolute Gasteiger partial charge is 0.493 e. The van der Waals surface area contributed by atoms with Gasteiger partial charge >= 0.3 is 6.03 Å². The molecule has 1 aromatic heterocycles. The number of nitrogens with one attached hydrogen (secondary N) is 3. The molecule has 3 heterocycles. The minimum atomic E-state index is -1.05. The Morgan fingerprint density at radius 3 is 2.52 bits per heavy atom. The molecule has 204 valence electrons. The fourth-order valence-corrected chi connectivity index (χ4v) is 4.37. The molecule has 0 radical (unpaired) electrons. The van der Waals surface area contributed by atoms with Crippen LogP contribution in [0, 0.1) is 6.92 Å². The molecule has 1 fully saturated rings. The molecular formula is C27H24N6O7. The number of urea groups is 1. The highest BCUT2D eigenvalue weighted by Gasteiger charge is 2.44. The van der Waals surface area contributed by atoms with Crippen molar-refractivity contribution < 1.29 is 33.4 Å². The zero-order valence-corrected chi connectivity index (χ0v) is 21.5. The lowest BCUT2D eigenvalue weighted by Crippen LogP contribution is -2.54.